The molecular weight excluding hydrogens is 424 g/mol. The van der Waals surface area contributed by atoms with Crippen LogP contribution in [0.2, 0.25) is 5.02 Å². The van der Waals surface area contributed by atoms with Gasteiger partial charge in [-0.1, -0.05) is 59.2 Å². The van der Waals surface area contributed by atoms with Gasteiger partial charge in [-0.15, -0.1) is 0 Å². The van der Waals surface area contributed by atoms with E-state index < -0.39 is 18.2 Å². The maximum absolute atomic E-state index is 12.5. The van der Waals surface area contributed by atoms with Crippen LogP contribution in [0.1, 0.15) is 29.8 Å². The Morgan fingerprint density at radius 2 is 1.90 bits per heavy atom. The standard InChI is InChI=1S/C22H21ClN2O6/c1-13-20(24-22(28)30-14(2)17-5-3-4-6-18(17)23)21(31-25-13)16-9-7-15(8-10-16)11-29-12-19(26)27/h3-10,14H,11-12H2,1-2H3,(H,24,28)(H,26,27). The minimum absolute atomic E-state index is 0.166. The summed E-state index contributed by atoms with van der Waals surface area (Å²) in [5.41, 5.74) is 3.06. The smallest absolute Gasteiger partial charge is 0.412 e. The van der Waals surface area contributed by atoms with E-state index in [2.05, 4.69) is 10.5 Å². The molecule has 0 spiro atoms. The number of nitrogens with one attached hydrogen (secondary N) is 1. The number of carboxylic acids is 1. The number of carbonyl (C=O) groups excluding carboxylic acids is 1. The Morgan fingerprint density at radius 1 is 1.19 bits per heavy atom. The van der Waals surface area contributed by atoms with Crippen molar-refractivity contribution >= 4 is 29.4 Å². The molecule has 0 aliphatic rings. The molecule has 162 valence electrons. The zero-order chi connectivity index (χ0) is 22.4. The summed E-state index contributed by atoms with van der Waals surface area (Å²) in [6.07, 6.45) is -1.22. The second-order valence-corrected chi connectivity index (χ2v) is 7.16. The molecule has 1 heterocycles. The number of aryl methyl sites for hydroxylation is 1. The summed E-state index contributed by atoms with van der Waals surface area (Å²) in [7, 11) is 0. The molecule has 0 bridgehead atoms. The molecular formula is C22H21ClN2O6. The number of aromatic nitrogens is 1. The molecule has 0 aliphatic heterocycles. The lowest BCUT2D eigenvalue weighted by atomic mass is 10.1. The summed E-state index contributed by atoms with van der Waals surface area (Å²) in [6, 6.07) is 14.2. The summed E-state index contributed by atoms with van der Waals surface area (Å²) in [6.45, 7) is 3.23. The molecule has 3 rings (SSSR count). The third-order valence-electron chi connectivity index (χ3n) is 4.43. The van der Waals surface area contributed by atoms with Crippen LogP contribution in [0.4, 0.5) is 10.5 Å². The minimum Gasteiger partial charge on any atom is -0.480 e. The molecule has 1 atom stereocenters. The van der Waals surface area contributed by atoms with E-state index >= 15 is 0 Å². The maximum atomic E-state index is 12.5. The first-order valence-corrected chi connectivity index (χ1v) is 9.80. The van der Waals surface area contributed by atoms with Crippen molar-refractivity contribution in [2.75, 3.05) is 11.9 Å². The first-order chi connectivity index (χ1) is 14.8. The lowest BCUT2D eigenvalue weighted by Crippen LogP contribution is -2.17. The number of amides is 1. The van der Waals surface area contributed by atoms with E-state index in [-0.39, 0.29) is 13.2 Å². The molecule has 31 heavy (non-hydrogen) atoms. The molecule has 1 amide bonds. The van der Waals surface area contributed by atoms with Gasteiger partial charge in [-0.2, -0.15) is 0 Å². The van der Waals surface area contributed by atoms with Crippen LogP contribution in [0.25, 0.3) is 11.3 Å². The van der Waals surface area contributed by atoms with E-state index in [4.69, 9.17) is 30.7 Å². The van der Waals surface area contributed by atoms with Crippen molar-refractivity contribution in [1.82, 2.24) is 5.16 Å². The highest BCUT2D eigenvalue weighted by molar-refractivity contribution is 6.31. The monoisotopic (exact) mass is 444 g/mol. The van der Waals surface area contributed by atoms with Gasteiger partial charge in [0.2, 0.25) is 0 Å². The largest absolute Gasteiger partial charge is 0.480 e. The Bertz CT molecular complexity index is 1060. The van der Waals surface area contributed by atoms with E-state index in [1.165, 1.54) is 0 Å². The number of anilines is 1. The number of benzene rings is 2. The van der Waals surface area contributed by atoms with Crippen molar-refractivity contribution in [1.29, 1.82) is 0 Å². The Labute approximate surface area is 183 Å². The Morgan fingerprint density at radius 3 is 2.58 bits per heavy atom. The van der Waals surface area contributed by atoms with Crippen LogP contribution >= 0.6 is 11.6 Å². The highest BCUT2D eigenvalue weighted by Crippen LogP contribution is 2.32. The summed E-state index contributed by atoms with van der Waals surface area (Å²) < 4.78 is 15.9. The SMILES string of the molecule is Cc1noc(-c2ccc(COCC(=O)O)cc2)c1NC(=O)OC(C)c1ccccc1Cl. The second-order valence-electron chi connectivity index (χ2n) is 6.75. The first kappa shape index (κ1) is 22.3. The van der Waals surface area contributed by atoms with Crippen molar-refractivity contribution in [3.8, 4) is 11.3 Å². The van der Waals surface area contributed by atoms with Crippen LogP contribution in [0.3, 0.4) is 0 Å². The van der Waals surface area contributed by atoms with E-state index in [1.807, 2.05) is 6.07 Å². The molecule has 8 nitrogen and oxygen atoms in total. The van der Waals surface area contributed by atoms with Gasteiger partial charge >= 0.3 is 12.1 Å². The maximum Gasteiger partial charge on any atom is 0.412 e. The Kier molecular flexibility index (Phi) is 7.28. The highest BCUT2D eigenvalue weighted by Gasteiger charge is 2.20. The Hall–Kier alpha value is -3.36. The average molecular weight is 445 g/mol. The summed E-state index contributed by atoms with van der Waals surface area (Å²) >= 11 is 6.16. The van der Waals surface area contributed by atoms with E-state index in [1.54, 1.807) is 56.3 Å². The van der Waals surface area contributed by atoms with Crippen LogP contribution < -0.4 is 5.32 Å². The quantitative estimate of drug-likeness (QED) is 0.490. The van der Waals surface area contributed by atoms with Crippen molar-refractivity contribution in [3.63, 3.8) is 0 Å². The number of aliphatic carboxylic acids is 1. The third-order valence-corrected chi connectivity index (χ3v) is 4.77. The van der Waals surface area contributed by atoms with Crippen LogP contribution in [0.15, 0.2) is 53.1 Å². The van der Waals surface area contributed by atoms with Gasteiger partial charge < -0.3 is 19.1 Å². The van der Waals surface area contributed by atoms with Gasteiger partial charge in [0.15, 0.2) is 5.76 Å². The first-order valence-electron chi connectivity index (χ1n) is 9.42. The third kappa shape index (κ3) is 5.84. The molecule has 0 saturated heterocycles. The number of carboxylic acid groups (broad SMARTS) is 1. The number of ether oxygens (including phenoxy) is 2. The predicted octanol–water partition coefficient (Wildman–Crippen LogP) is 5.21. The van der Waals surface area contributed by atoms with E-state index in [0.29, 0.717) is 33.3 Å². The number of halogens is 1. The summed E-state index contributed by atoms with van der Waals surface area (Å²) in [5, 5.41) is 15.8. The van der Waals surface area contributed by atoms with Crippen molar-refractivity contribution in [2.45, 2.75) is 26.6 Å². The van der Waals surface area contributed by atoms with Gasteiger partial charge in [0.1, 0.15) is 24.1 Å². The highest BCUT2D eigenvalue weighted by atomic mass is 35.5. The molecule has 2 N–H and O–H groups in total. The van der Waals surface area contributed by atoms with Gasteiger partial charge in [0.05, 0.1) is 6.61 Å². The van der Waals surface area contributed by atoms with Gasteiger partial charge in [-0.05, 0) is 25.5 Å². The fourth-order valence-corrected chi connectivity index (χ4v) is 3.17. The van der Waals surface area contributed by atoms with Crippen molar-refractivity contribution < 1.29 is 28.7 Å². The molecule has 0 aliphatic carbocycles. The zero-order valence-electron chi connectivity index (χ0n) is 16.9. The van der Waals surface area contributed by atoms with Crippen molar-refractivity contribution in [3.05, 3.63) is 70.4 Å². The van der Waals surface area contributed by atoms with Gasteiger partial charge in [-0.25, -0.2) is 9.59 Å². The fraction of sp³-hybridized carbons (Fsp3) is 0.227. The van der Waals surface area contributed by atoms with Crippen LogP contribution in [-0.2, 0) is 20.9 Å². The fourth-order valence-electron chi connectivity index (χ4n) is 2.88. The van der Waals surface area contributed by atoms with E-state index in [0.717, 1.165) is 5.56 Å². The molecule has 0 fully saturated rings. The molecule has 2 aromatic carbocycles. The van der Waals surface area contributed by atoms with Crippen molar-refractivity contribution in [2.24, 2.45) is 0 Å². The summed E-state index contributed by atoms with van der Waals surface area (Å²) in [5.74, 6) is -0.655. The Balaban J connectivity index is 1.68. The topological polar surface area (TPSA) is 111 Å². The molecule has 1 unspecified atom stereocenters. The number of rotatable bonds is 8. The average Bonchev–Trinajstić information content (AvgIpc) is 3.08. The van der Waals surface area contributed by atoms with Gasteiger partial charge in [0.25, 0.3) is 0 Å². The summed E-state index contributed by atoms with van der Waals surface area (Å²) in [4.78, 5) is 23.0. The van der Waals surface area contributed by atoms with Crippen LogP contribution in [0.5, 0.6) is 0 Å². The molecule has 9 heteroatoms. The molecule has 1 aromatic heterocycles. The second kappa shape index (κ2) is 10.1. The van der Waals surface area contributed by atoms with E-state index in [9.17, 15) is 9.59 Å². The van der Waals surface area contributed by atoms with Crippen LogP contribution in [0, 0.1) is 6.92 Å². The molecule has 0 radical (unpaired) electrons. The normalized spacial score (nSPS) is 11.7. The van der Waals surface area contributed by atoms with Gasteiger partial charge in [-0.3, -0.25) is 5.32 Å². The number of carbonyl (C=O) groups is 2. The minimum atomic E-state index is -1.03. The predicted molar refractivity (Wildman–Crippen MR) is 114 cm³/mol. The number of nitrogens with zero attached hydrogens (tertiary/aromatic N) is 1. The molecule has 3 aromatic rings. The lowest BCUT2D eigenvalue weighted by molar-refractivity contribution is -0.142. The van der Waals surface area contributed by atoms with Gasteiger partial charge in [0, 0.05) is 16.1 Å². The zero-order valence-corrected chi connectivity index (χ0v) is 17.7. The lowest BCUT2D eigenvalue weighted by Gasteiger charge is -2.15. The molecule has 0 saturated carbocycles. The van der Waals surface area contributed by atoms with Crippen LogP contribution in [-0.4, -0.2) is 28.9 Å². The number of hydrogen-bond donors (Lipinski definition) is 2. The number of hydrogen-bond acceptors (Lipinski definition) is 6.